The monoisotopic (exact) mass is 362 g/mol. The number of hydrogen-bond acceptors (Lipinski definition) is 3. The van der Waals surface area contributed by atoms with Crippen LogP contribution < -0.4 is 5.73 Å². The summed E-state index contributed by atoms with van der Waals surface area (Å²) in [7, 11) is 0. The van der Waals surface area contributed by atoms with Crippen molar-refractivity contribution in [2.45, 2.75) is 16.6 Å². The van der Waals surface area contributed by atoms with Gasteiger partial charge in [0.05, 0.1) is 0 Å². The highest BCUT2D eigenvalue weighted by Crippen LogP contribution is 2.39. The van der Waals surface area contributed by atoms with Crippen molar-refractivity contribution in [2.75, 3.05) is 19.6 Å². The Balaban J connectivity index is 1.86. The SMILES string of the molecule is NCC1CCN(C(=O)C(Sc2ccc(F)cc2F)c2ccccc2)C1. The van der Waals surface area contributed by atoms with E-state index < -0.39 is 16.9 Å². The Hall–Kier alpha value is -1.92. The molecule has 1 saturated heterocycles. The zero-order valence-corrected chi connectivity index (χ0v) is 14.5. The highest BCUT2D eigenvalue weighted by molar-refractivity contribution is 8.00. The summed E-state index contributed by atoms with van der Waals surface area (Å²) in [6.07, 6.45) is 0.888. The summed E-state index contributed by atoms with van der Waals surface area (Å²) in [5, 5.41) is -0.572. The van der Waals surface area contributed by atoms with Crippen LogP contribution in [-0.4, -0.2) is 30.4 Å². The number of likely N-dealkylation sites (tertiary alicyclic amines) is 1. The van der Waals surface area contributed by atoms with Crippen LogP contribution in [0.1, 0.15) is 17.2 Å². The maximum absolute atomic E-state index is 14.1. The molecular weight excluding hydrogens is 342 g/mol. The average Bonchev–Trinajstić information content (AvgIpc) is 3.10. The minimum absolute atomic E-state index is 0.0594. The molecule has 0 bridgehead atoms. The van der Waals surface area contributed by atoms with E-state index in [2.05, 4.69) is 0 Å². The number of nitrogens with zero attached hydrogens (tertiary/aromatic N) is 1. The first-order valence-corrected chi connectivity index (χ1v) is 9.12. The van der Waals surface area contributed by atoms with Crippen molar-refractivity contribution in [3.63, 3.8) is 0 Å². The topological polar surface area (TPSA) is 46.3 Å². The van der Waals surface area contributed by atoms with Gasteiger partial charge in [-0.15, -0.1) is 11.8 Å². The molecule has 2 unspecified atom stereocenters. The zero-order chi connectivity index (χ0) is 17.8. The van der Waals surface area contributed by atoms with Crippen molar-refractivity contribution >= 4 is 17.7 Å². The third kappa shape index (κ3) is 4.19. The third-order valence-corrected chi connectivity index (χ3v) is 5.69. The van der Waals surface area contributed by atoms with Gasteiger partial charge in [0.2, 0.25) is 5.91 Å². The van der Waals surface area contributed by atoms with Gasteiger partial charge in [-0.2, -0.15) is 0 Å². The molecule has 0 spiro atoms. The lowest BCUT2D eigenvalue weighted by Gasteiger charge is -2.24. The summed E-state index contributed by atoms with van der Waals surface area (Å²) >= 11 is 1.12. The molecular formula is C19H20F2N2OS. The van der Waals surface area contributed by atoms with Gasteiger partial charge < -0.3 is 10.6 Å². The smallest absolute Gasteiger partial charge is 0.240 e. The molecule has 2 aromatic carbocycles. The van der Waals surface area contributed by atoms with Gasteiger partial charge in [0.25, 0.3) is 0 Å². The second kappa shape index (κ2) is 7.97. The van der Waals surface area contributed by atoms with Crippen molar-refractivity contribution < 1.29 is 13.6 Å². The summed E-state index contributed by atoms with van der Waals surface area (Å²) in [5.41, 5.74) is 6.52. The Morgan fingerprint density at radius 3 is 2.64 bits per heavy atom. The maximum Gasteiger partial charge on any atom is 0.240 e. The van der Waals surface area contributed by atoms with Crippen molar-refractivity contribution in [2.24, 2.45) is 11.7 Å². The lowest BCUT2D eigenvalue weighted by Crippen LogP contribution is -2.33. The van der Waals surface area contributed by atoms with E-state index in [1.165, 1.54) is 12.1 Å². The Morgan fingerprint density at radius 1 is 1.24 bits per heavy atom. The van der Waals surface area contributed by atoms with E-state index in [4.69, 9.17) is 5.73 Å². The molecule has 3 nitrogen and oxygen atoms in total. The van der Waals surface area contributed by atoms with Gasteiger partial charge in [0, 0.05) is 24.1 Å². The van der Waals surface area contributed by atoms with Crippen LogP contribution in [0.5, 0.6) is 0 Å². The van der Waals surface area contributed by atoms with E-state index in [0.717, 1.165) is 29.8 Å². The number of carbonyl (C=O) groups is 1. The third-order valence-electron chi connectivity index (χ3n) is 4.40. The number of halogens is 2. The number of nitrogens with two attached hydrogens (primary N) is 1. The fraction of sp³-hybridized carbons (Fsp3) is 0.316. The first-order chi connectivity index (χ1) is 12.1. The summed E-state index contributed by atoms with van der Waals surface area (Å²) in [5.74, 6) is -1.03. The minimum Gasteiger partial charge on any atom is -0.341 e. The van der Waals surface area contributed by atoms with Gasteiger partial charge >= 0.3 is 0 Å². The second-order valence-electron chi connectivity index (χ2n) is 6.16. The van der Waals surface area contributed by atoms with Crippen LogP contribution >= 0.6 is 11.8 Å². The molecule has 0 radical (unpaired) electrons. The molecule has 0 saturated carbocycles. The molecule has 6 heteroatoms. The fourth-order valence-electron chi connectivity index (χ4n) is 2.98. The van der Waals surface area contributed by atoms with Crippen LogP contribution in [0.4, 0.5) is 8.78 Å². The van der Waals surface area contributed by atoms with Crippen LogP contribution in [-0.2, 0) is 4.79 Å². The van der Waals surface area contributed by atoms with Crippen LogP contribution in [0.25, 0.3) is 0 Å². The minimum atomic E-state index is -0.653. The normalized spacial score (nSPS) is 18.4. The van der Waals surface area contributed by atoms with Crippen molar-refractivity contribution in [1.29, 1.82) is 0 Å². The lowest BCUT2D eigenvalue weighted by atomic mass is 10.1. The molecule has 2 N–H and O–H groups in total. The molecule has 1 aliphatic rings. The van der Waals surface area contributed by atoms with Crippen LogP contribution in [0.15, 0.2) is 53.4 Å². The first-order valence-electron chi connectivity index (χ1n) is 8.24. The Labute approximate surface area is 150 Å². The lowest BCUT2D eigenvalue weighted by molar-refractivity contribution is -0.129. The van der Waals surface area contributed by atoms with Crippen LogP contribution in [0.2, 0.25) is 0 Å². The Bertz CT molecular complexity index is 741. The number of hydrogen-bond donors (Lipinski definition) is 1. The van der Waals surface area contributed by atoms with E-state index in [0.29, 0.717) is 25.6 Å². The maximum atomic E-state index is 14.1. The molecule has 3 rings (SSSR count). The van der Waals surface area contributed by atoms with Gasteiger partial charge in [-0.3, -0.25) is 4.79 Å². The predicted molar refractivity (Wildman–Crippen MR) is 95.1 cm³/mol. The number of carbonyl (C=O) groups excluding carboxylic acids is 1. The highest BCUT2D eigenvalue weighted by atomic mass is 32.2. The summed E-state index contributed by atoms with van der Waals surface area (Å²) < 4.78 is 27.2. The number of amides is 1. The van der Waals surface area contributed by atoms with Crippen LogP contribution in [0, 0.1) is 17.6 Å². The standard InChI is InChI=1S/C19H20F2N2OS/c20-15-6-7-17(16(21)10-15)25-18(14-4-2-1-3-5-14)19(24)23-9-8-13(11-22)12-23/h1-7,10,13,18H,8-9,11-12,22H2. The predicted octanol–water partition coefficient (Wildman–Crippen LogP) is 3.61. The Morgan fingerprint density at radius 2 is 2.00 bits per heavy atom. The number of thioether (sulfide) groups is 1. The number of benzene rings is 2. The fourth-order valence-corrected chi connectivity index (χ4v) is 4.09. The molecule has 25 heavy (non-hydrogen) atoms. The first kappa shape index (κ1) is 17.9. The van der Waals surface area contributed by atoms with Crippen LogP contribution in [0.3, 0.4) is 0 Å². The molecule has 2 atom stereocenters. The number of rotatable bonds is 5. The highest BCUT2D eigenvalue weighted by Gasteiger charge is 2.32. The molecule has 2 aromatic rings. The van der Waals surface area contributed by atoms with E-state index >= 15 is 0 Å². The van der Waals surface area contributed by atoms with Gasteiger partial charge in [-0.05, 0) is 36.6 Å². The van der Waals surface area contributed by atoms with Gasteiger partial charge in [-0.1, -0.05) is 30.3 Å². The van der Waals surface area contributed by atoms with Crippen molar-refractivity contribution in [3.05, 3.63) is 65.7 Å². The summed E-state index contributed by atoms with van der Waals surface area (Å²) in [6.45, 7) is 1.85. The van der Waals surface area contributed by atoms with Crippen molar-refractivity contribution in [1.82, 2.24) is 4.90 Å². The van der Waals surface area contributed by atoms with E-state index in [1.807, 2.05) is 30.3 Å². The quantitative estimate of drug-likeness (QED) is 0.827. The molecule has 1 amide bonds. The zero-order valence-electron chi connectivity index (χ0n) is 13.7. The molecule has 1 aliphatic heterocycles. The molecule has 0 aliphatic carbocycles. The van der Waals surface area contributed by atoms with Gasteiger partial charge in [0.15, 0.2) is 0 Å². The second-order valence-corrected chi connectivity index (χ2v) is 7.30. The summed E-state index contributed by atoms with van der Waals surface area (Å²) in [4.78, 5) is 15.1. The van der Waals surface area contributed by atoms with Gasteiger partial charge in [0.1, 0.15) is 16.9 Å². The largest absolute Gasteiger partial charge is 0.341 e. The molecule has 1 fully saturated rings. The van der Waals surface area contributed by atoms with E-state index in [-0.39, 0.29) is 10.8 Å². The Kier molecular flexibility index (Phi) is 5.71. The molecule has 132 valence electrons. The van der Waals surface area contributed by atoms with Crippen molar-refractivity contribution in [3.8, 4) is 0 Å². The summed E-state index contributed by atoms with van der Waals surface area (Å²) in [6, 6.07) is 12.7. The molecule has 0 aromatic heterocycles. The average molecular weight is 362 g/mol. The molecule has 1 heterocycles. The van der Waals surface area contributed by atoms with Gasteiger partial charge in [-0.25, -0.2) is 8.78 Å². The van der Waals surface area contributed by atoms with E-state index in [1.54, 1.807) is 4.90 Å². The van der Waals surface area contributed by atoms with E-state index in [9.17, 15) is 13.6 Å².